The highest BCUT2D eigenvalue weighted by Gasteiger charge is 2.20. The summed E-state index contributed by atoms with van der Waals surface area (Å²) in [6, 6.07) is 0. The van der Waals surface area contributed by atoms with Crippen LogP contribution in [0.2, 0.25) is 0 Å². The van der Waals surface area contributed by atoms with E-state index in [4.69, 9.17) is 5.73 Å². The number of nitrogens with zero attached hydrogens (tertiary/aromatic N) is 1. The summed E-state index contributed by atoms with van der Waals surface area (Å²) in [6.45, 7) is 4.73. The Labute approximate surface area is 108 Å². The smallest absolute Gasteiger partial charge is 0.266 e. The molecule has 0 aromatic carbocycles. The molecule has 0 amide bonds. The zero-order valence-electron chi connectivity index (χ0n) is 9.51. The van der Waals surface area contributed by atoms with Crippen LogP contribution in [0.25, 0.3) is 0 Å². The van der Waals surface area contributed by atoms with Crippen LogP contribution >= 0.6 is 22.6 Å². The summed E-state index contributed by atoms with van der Waals surface area (Å²) in [6.07, 6.45) is 3.16. The van der Waals surface area contributed by atoms with E-state index in [9.17, 15) is 4.79 Å². The van der Waals surface area contributed by atoms with Crippen molar-refractivity contribution in [3.05, 3.63) is 20.3 Å². The summed E-state index contributed by atoms with van der Waals surface area (Å²) in [5, 5.41) is 3.13. The minimum atomic E-state index is -0.243. The van der Waals surface area contributed by atoms with E-state index >= 15 is 0 Å². The zero-order chi connectivity index (χ0) is 12.2. The second-order valence-electron chi connectivity index (χ2n) is 3.82. The van der Waals surface area contributed by atoms with E-state index in [1.165, 1.54) is 6.33 Å². The summed E-state index contributed by atoms with van der Waals surface area (Å²) < 4.78 is 0.564. The molecule has 4 N–H and O–H groups in total. The monoisotopic (exact) mass is 336 g/mol. The van der Waals surface area contributed by atoms with Crippen molar-refractivity contribution in [1.82, 2.24) is 9.97 Å². The molecule has 1 aromatic heterocycles. The zero-order valence-corrected chi connectivity index (χ0v) is 11.7. The van der Waals surface area contributed by atoms with Crippen LogP contribution in [0.4, 0.5) is 5.82 Å². The normalized spacial score (nSPS) is 11.5. The van der Waals surface area contributed by atoms with Gasteiger partial charge < -0.3 is 16.0 Å². The summed E-state index contributed by atoms with van der Waals surface area (Å²) in [5.74, 6) is 0.598. The van der Waals surface area contributed by atoms with Crippen LogP contribution in [0.15, 0.2) is 11.1 Å². The molecule has 1 aromatic rings. The van der Waals surface area contributed by atoms with Crippen molar-refractivity contribution >= 4 is 28.4 Å². The molecule has 90 valence electrons. The van der Waals surface area contributed by atoms with Crippen molar-refractivity contribution in [3.8, 4) is 0 Å². The molecular weight excluding hydrogens is 319 g/mol. The average molecular weight is 336 g/mol. The van der Waals surface area contributed by atoms with E-state index in [2.05, 4.69) is 29.1 Å². The number of rotatable bonds is 5. The predicted molar refractivity (Wildman–Crippen MR) is 73.6 cm³/mol. The highest BCUT2D eigenvalue weighted by atomic mass is 127. The van der Waals surface area contributed by atoms with Crippen LogP contribution in [0.5, 0.6) is 0 Å². The summed E-state index contributed by atoms with van der Waals surface area (Å²) >= 11 is 1.97. The molecule has 0 aliphatic heterocycles. The molecule has 0 saturated heterocycles. The minimum Gasteiger partial charge on any atom is -0.367 e. The lowest BCUT2D eigenvalue weighted by molar-refractivity contribution is 0.417. The van der Waals surface area contributed by atoms with E-state index in [1.54, 1.807) is 0 Å². The Bertz CT molecular complexity index is 400. The molecule has 0 bridgehead atoms. The molecule has 1 rings (SSSR count). The van der Waals surface area contributed by atoms with Gasteiger partial charge in [0.2, 0.25) is 0 Å². The molecule has 0 atom stereocenters. The average Bonchev–Trinajstić information content (AvgIpc) is 2.31. The highest BCUT2D eigenvalue weighted by Crippen LogP contribution is 2.14. The van der Waals surface area contributed by atoms with Gasteiger partial charge in [-0.1, -0.05) is 13.8 Å². The lowest BCUT2D eigenvalue weighted by atomic mass is 9.94. The molecule has 1 heterocycles. The molecule has 0 spiro atoms. The maximum atomic E-state index is 11.3. The van der Waals surface area contributed by atoms with Crippen LogP contribution in [0.3, 0.4) is 0 Å². The van der Waals surface area contributed by atoms with E-state index in [0.29, 0.717) is 15.9 Å². The lowest BCUT2D eigenvalue weighted by Gasteiger charge is -2.27. The Morgan fingerprint density at radius 1 is 1.56 bits per heavy atom. The standard InChI is InChI=1S/C10H17IN4O/c1-3-10(12,4-2)5-13-8-7(11)9(16)15-6-14-8/h6H,3-5,12H2,1-2H3,(H2,13,14,15,16). The number of aromatic nitrogens is 2. The number of halogens is 1. The first-order chi connectivity index (χ1) is 7.52. The van der Waals surface area contributed by atoms with Gasteiger partial charge in [-0.05, 0) is 35.4 Å². The van der Waals surface area contributed by atoms with Crippen LogP contribution in [0.1, 0.15) is 26.7 Å². The van der Waals surface area contributed by atoms with E-state index in [1.807, 2.05) is 22.6 Å². The molecule has 0 fully saturated rings. The third-order valence-corrected chi connectivity index (χ3v) is 3.81. The molecule has 0 saturated carbocycles. The van der Waals surface area contributed by atoms with Crippen molar-refractivity contribution in [1.29, 1.82) is 0 Å². The second kappa shape index (κ2) is 5.62. The molecule has 16 heavy (non-hydrogen) atoms. The topological polar surface area (TPSA) is 83.8 Å². The van der Waals surface area contributed by atoms with Crippen molar-refractivity contribution in [2.24, 2.45) is 5.73 Å². The molecule has 0 aliphatic rings. The Morgan fingerprint density at radius 3 is 2.75 bits per heavy atom. The van der Waals surface area contributed by atoms with Gasteiger partial charge in [0.15, 0.2) is 0 Å². The summed E-state index contributed by atoms with van der Waals surface area (Å²) in [7, 11) is 0. The van der Waals surface area contributed by atoms with E-state index in [0.717, 1.165) is 12.8 Å². The summed E-state index contributed by atoms with van der Waals surface area (Å²) in [4.78, 5) is 17.9. The van der Waals surface area contributed by atoms with Crippen molar-refractivity contribution < 1.29 is 0 Å². The van der Waals surface area contributed by atoms with Gasteiger partial charge in [0.05, 0.1) is 6.33 Å². The molecule has 0 aliphatic carbocycles. The molecular formula is C10H17IN4O. The third-order valence-electron chi connectivity index (χ3n) is 2.81. The fourth-order valence-corrected chi connectivity index (χ4v) is 1.75. The Kier molecular flexibility index (Phi) is 4.72. The highest BCUT2D eigenvalue weighted by molar-refractivity contribution is 14.1. The number of H-pyrrole nitrogens is 1. The molecule has 0 unspecified atom stereocenters. The SMILES string of the molecule is CCC(N)(CC)CNc1nc[nH]c(=O)c1I. The number of hydrogen-bond acceptors (Lipinski definition) is 4. The first-order valence-electron chi connectivity index (χ1n) is 5.28. The van der Waals surface area contributed by atoms with Gasteiger partial charge >= 0.3 is 0 Å². The van der Waals surface area contributed by atoms with Crippen LogP contribution in [0, 0.1) is 3.57 Å². The van der Waals surface area contributed by atoms with Gasteiger partial charge in [0.1, 0.15) is 9.39 Å². The number of aromatic amines is 1. The number of nitrogens with one attached hydrogen (secondary N) is 2. The van der Waals surface area contributed by atoms with Gasteiger partial charge in [0.25, 0.3) is 5.56 Å². The molecule has 5 nitrogen and oxygen atoms in total. The number of hydrogen-bond donors (Lipinski definition) is 3. The molecule has 6 heteroatoms. The maximum absolute atomic E-state index is 11.3. The van der Waals surface area contributed by atoms with E-state index < -0.39 is 0 Å². The fraction of sp³-hybridized carbons (Fsp3) is 0.600. The Morgan fingerprint density at radius 2 is 2.19 bits per heavy atom. The number of nitrogens with two attached hydrogens (primary N) is 1. The largest absolute Gasteiger partial charge is 0.367 e. The van der Waals surface area contributed by atoms with Gasteiger partial charge in [-0.25, -0.2) is 4.98 Å². The van der Waals surface area contributed by atoms with Gasteiger partial charge in [-0.15, -0.1) is 0 Å². The first kappa shape index (κ1) is 13.4. The fourth-order valence-electron chi connectivity index (χ4n) is 1.27. The van der Waals surface area contributed by atoms with Gasteiger partial charge in [-0.2, -0.15) is 0 Å². The lowest BCUT2D eigenvalue weighted by Crippen LogP contribution is -2.45. The van der Waals surface area contributed by atoms with Gasteiger partial charge in [0, 0.05) is 12.1 Å². The van der Waals surface area contributed by atoms with Gasteiger partial charge in [-0.3, -0.25) is 4.79 Å². The second-order valence-corrected chi connectivity index (χ2v) is 4.90. The molecule has 0 radical (unpaired) electrons. The van der Waals surface area contributed by atoms with Crippen molar-refractivity contribution in [2.45, 2.75) is 32.2 Å². The predicted octanol–water partition coefficient (Wildman–Crippen LogP) is 1.30. The maximum Gasteiger partial charge on any atom is 0.266 e. The van der Waals surface area contributed by atoms with Crippen molar-refractivity contribution in [3.63, 3.8) is 0 Å². The Balaban J connectivity index is 2.75. The third kappa shape index (κ3) is 3.18. The summed E-state index contributed by atoms with van der Waals surface area (Å²) in [5.41, 5.74) is 5.78. The quantitative estimate of drug-likeness (QED) is 0.708. The van der Waals surface area contributed by atoms with Crippen LogP contribution < -0.4 is 16.6 Å². The van der Waals surface area contributed by atoms with Crippen molar-refractivity contribution in [2.75, 3.05) is 11.9 Å². The van der Waals surface area contributed by atoms with E-state index in [-0.39, 0.29) is 11.1 Å². The minimum absolute atomic E-state index is 0.131. The number of anilines is 1. The first-order valence-corrected chi connectivity index (χ1v) is 6.36. The Hall–Kier alpha value is -0.630. The van der Waals surface area contributed by atoms with Crippen LogP contribution in [-0.2, 0) is 0 Å². The van der Waals surface area contributed by atoms with Crippen LogP contribution in [-0.4, -0.2) is 22.1 Å².